The van der Waals surface area contributed by atoms with Gasteiger partial charge < -0.3 is 0 Å². The van der Waals surface area contributed by atoms with Crippen LogP contribution in [0.1, 0.15) is 0 Å². The molecule has 0 N–H and O–H groups in total. The standard InChI is InChI=1S/C10H7F3N4O/c11-10(12,13)7(5-14)6-17-9(18)16-4-2-1-3-8(16)15-17/h1-4,7H,6H2. The van der Waals surface area contributed by atoms with Gasteiger partial charge in [-0.25, -0.2) is 9.48 Å². The zero-order valence-corrected chi connectivity index (χ0v) is 8.92. The quantitative estimate of drug-likeness (QED) is 0.811. The van der Waals surface area contributed by atoms with Crippen LogP contribution in [0.25, 0.3) is 5.65 Å². The van der Waals surface area contributed by atoms with Gasteiger partial charge >= 0.3 is 11.9 Å². The normalized spacial score (nSPS) is 13.4. The lowest BCUT2D eigenvalue weighted by Crippen LogP contribution is -2.31. The summed E-state index contributed by atoms with van der Waals surface area (Å²) in [5.74, 6) is -2.25. The lowest BCUT2D eigenvalue weighted by atomic mass is 10.1. The number of rotatable bonds is 2. The van der Waals surface area contributed by atoms with Gasteiger partial charge in [-0.3, -0.25) is 4.40 Å². The first-order valence-electron chi connectivity index (χ1n) is 4.94. The molecule has 8 heteroatoms. The van der Waals surface area contributed by atoms with Crippen LogP contribution in [-0.4, -0.2) is 20.4 Å². The molecule has 1 atom stereocenters. The van der Waals surface area contributed by atoms with Crippen LogP contribution in [0.15, 0.2) is 29.2 Å². The minimum Gasteiger partial charge on any atom is -0.250 e. The Morgan fingerprint density at radius 3 is 2.72 bits per heavy atom. The van der Waals surface area contributed by atoms with Gasteiger partial charge in [-0.2, -0.15) is 18.4 Å². The third-order valence-electron chi connectivity index (χ3n) is 2.39. The molecule has 0 aromatic carbocycles. The van der Waals surface area contributed by atoms with Crippen LogP contribution in [0.3, 0.4) is 0 Å². The van der Waals surface area contributed by atoms with E-state index in [0.717, 1.165) is 10.5 Å². The summed E-state index contributed by atoms with van der Waals surface area (Å²) in [4.78, 5) is 11.7. The average Bonchev–Trinajstić information content (AvgIpc) is 2.62. The Hall–Kier alpha value is -2.30. The molecule has 0 saturated heterocycles. The Morgan fingerprint density at radius 2 is 2.17 bits per heavy atom. The Kier molecular flexibility index (Phi) is 2.82. The van der Waals surface area contributed by atoms with Gasteiger partial charge in [-0.05, 0) is 12.1 Å². The first-order valence-corrected chi connectivity index (χ1v) is 4.94. The van der Waals surface area contributed by atoms with Crippen molar-refractivity contribution >= 4 is 5.65 Å². The molecule has 18 heavy (non-hydrogen) atoms. The van der Waals surface area contributed by atoms with E-state index in [1.54, 1.807) is 12.1 Å². The van der Waals surface area contributed by atoms with E-state index in [2.05, 4.69) is 5.10 Å². The molecule has 0 bridgehead atoms. The molecular formula is C10H7F3N4O. The first kappa shape index (κ1) is 12.2. The summed E-state index contributed by atoms with van der Waals surface area (Å²) in [5.41, 5.74) is -0.462. The minimum absolute atomic E-state index is 0.237. The SMILES string of the molecule is N#CC(Cn1nc2ccccn2c1=O)C(F)(F)F. The molecule has 5 nitrogen and oxygen atoms in total. The third-order valence-corrected chi connectivity index (χ3v) is 2.39. The van der Waals surface area contributed by atoms with E-state index in [9.17, 15) is 18.0 Å². The predicted octanol–water partition coefficient (Wildman–Crippen LogP) is 1.20. The van der Waals surface area contributed by atoms with Crippen LogP contribution in [-0.2, 0) is 6.54 Å². The summed E-state index contributed by atoms with van der Waals surface area (Å²) in [6.45, 7) is -0.805. The zero-order chi connectivity index (χ0) is 13.3. The maximum atomic E-state index is 12.4. The van der Waals surface area contributed by atoms with Gasteiger partial charge in [0.1, 0.15) is 0 Å². The molecule has 0 radical (unpaired) electrons. The molecule has 2 rings (SSSR count). The molecule has 0 amide bonds. The molecule has 0 saturated carbocycles. The Labute approximate surface area is 98.7 Å². The van der Waals surface area contributed by atoms with Crippen LogP contribution in [0.5, 0.6) is 0 Å². The second-order valence-corrected chi connectivity index (χ2v) is 3.62. The molecule has 0 aliphatic heterocycles. The predicted molar refractivity (Wildman–Crippen MR) is 54.6 cm³/mol. The van der Waals surface area contributed by atoms with Crippen molar-refractivity contribution < 1.29 is 13.2 Å². The fourth-order valence-electron chi connectivity index (χ4n) is 1.48. The van der Waals surface area contributed by atoms with Crippen molar-refractivity contribution in [3.05, 3.63) is 34.9 Å². The first-order chi connectivity index (χ1) is 8.43. The Balaban J connectivity index is 2.42. The van der Waals surface area contributed by atoms with E-state index in [1.807, 2.05) is 0 Å². The summed E-state index contributed by atoms with van der Waals surface area (Å²) in [5, 5.41) is 12.2. The molecule has 0 aliphatic carbocycles. The molecule has 94 valence electrons. The molecular weight excluding hydrogens is 249 g/mol. The van der Waals surface area contributed by atoms with E-state index < -0.39 is 24.3 Å². The number of fused-ring (bicyclic) bond motifs is 1. The van der Waals surface area contributed by atoms with Crippen molar-refractivity contribution in [1.82, 2.24) is 14.2 Å². The van der Waals surface area contributed by atoms with Crippen LogP contribution in [0.2, 0.25) is 0 Å². The van der Waals surface area contributed by atoms with Crippen molar-refractivity contribution in [1.29, 1.82) is 5.26 Å². The Bertz CT molecular complexity index is 664. The second-order valence-electron chi connectivity index (χ2n) is 3.62. The Morgan fingerprint density at radius 1 is 1.44 bits per heavy atom. The van der Waals surface area contributed by atoms with E-state index in [0.29, 0.717) is 4.68 Å². The minimum atomic E-state index is -4.68. The van der Waals surface area contributed by atoms with E-state index in [-0.39, 0.29) is 5.65 Å². The number of aromatic nitrogens is 3. The van der Waals surface area contributed by atoms with Gasteiger partial charge in [0, 0.05) is 6.20 Å². The maximum Gasteiger partial charge on any atom is 0.406 e. The van der Waals surface area contributed by atoms with Crippen molar-refractivity contribution in [2.24, 2.45) is 5.92 Å². The highest BCUT2D eigenvalue weighted by Gasteiger charge is 2.40. The van der Waals surface area contributed by atoms with Crippen molar-refractivity contribution in [3.8, 4) is 6.07 Å². The lowest BCUT2D eigenvalue weighted by molar-refractivity contribution is -0.162. The maximum absolute atomic E-state index is 12.4. The largest absolute Gasteiger partial charge is 0.406 e. The summed E-state index contributed by atoms with van der Waals surface area (Å²) >= 11 is 0. The fraction of sp³-hybridized carbons (Fsp3) is 0.300. The summed E-state index contributed by atoms with van der Waals surface area (Å²) < 4.78 is 39.0. The number of hydrogen-bond donors (Lipinski definition) is 0. The molecule has 0 spiro atoms. The number of nitrogens with zero attached hydrogens (tertiary/aromatic N) is 4. The number of alkyl halides is 3. The monoisotopic (exact) mass is 256 g/mol. The van der Waals surface area contributed by atoms with Crippen LogP contribution in [0.4, 0.5) is 13.2 Å². The van der Waals surface area contributed by atoms with E-state index in [1.165, 1.54) is 12.3 Å². The van der Waals surface area contributed by atoms with Crippen LogP contribution in [0, 0.1) is 17.2 Å². The third kappa shape index (κ3) is 2.07. The van der Waals surface area contributed by atoms with Crippen LogP contribution >= 0.6 is 0 Å². The molecule has 2 aromatic rings. The van der Waals surface area contributed by atoms with Gasteiger partial charge in [0.25, 0.3) is 0 Å². The highest BCUT2D eigenvalue weighted by molar-refractivity contribution is 5.35. The van der Waals surface area contributed by atoms with Gasteiger partial charge in [0.2, 0.25) is 0 Å². The van der Waals surface area contributed by atoms with Crippen molar-refractivity contribution in [2.45, 2.75) is 12.7 Å². The summed E-state index contributed by atoms with van der Waals surface area (Å²) in [7, 11) is 0. The molecule has 1 unspecified atom stereocenters. The van der Waals surface area contributed by atoms with E-state index >= 15 is 0 Å². The summed E-state index contributed by atoms with van der Waals surface area (Å²) in [6.07, 6.45) is -3.28. The average molecular weight is 256 g/mol. The van der Waals surface area contributed by atoms with Gasteiger partial charge in [-0.1, -0.05) is 6.07 Å². The van der Waals surface area contributed by atoms with Crippen LogP contribution < -0.4 is 5.69 Å². The smallest absolute Gasteiger partial charge is 0.250 e. The van der Waals surface area contributed by atoms with Crippen molar-refractivity contribution in [2.75, 3.05) is 0 Å². The van der Waals surface area contributed by atoms with Gasteiger partial charge in [0.05, 0.1) is 12.6 Å². The topological polar surface area (TPSA) is 63.1 Å². The highest BCUT2D eigenvalue weighted by atomic mass is 19.4. The molecule has 2 heterocycles. The van der Waals surface area contributed by atoms with E-state index in [4.69, 9.17) is 5.26 Å². The lowest BCUT2D eigenvalue weighted by Gasteiger charge is -2.11. The fourth-order valence-corrected chi connectivity index (χ4v) is 1.48. The highest BCUT2D eigenvalue weighted by Crippen LogP contribution is 2.26. The molecule has 2 aromatic heterocycles. The molecule has 0 fully saturated rings. The summed E-state index contributed by atoms with van der Waals surface area (Å²) in [6, 6.07) is 5.79. The zero-order valence-electron chi connectivity index (χ0n) is 8.92. The van der Waals surface area contributed by atoms with Gasteiger partial charge in [0.15, 0.2) is 11.6 Å². The number of pyridine rings is 1. The number of nitriles is 1. The van der Waals surface area contributed by atoms with Crippen molar-refractivity contribution in [3.63, 3.8) is 0 Å². The number of hydrogen-bond acceptors (Lipinski definition) is 3. The second kappa shape index (κ2) is 4.18. The number of halogens is 3. The molecule has 0 aliphatic rings. The van der Waals surface area contributed by atoms with Gasteiger partial charge in [-0.15, -0.1) is 5.10 Å².